The van der Waals surface area contributed by atoms with Crippen LogP contribution < -0.4 is 10.6 Å². The summed E-state index contributed by atoms with van der Waals surface area (Å²) in [6, 6.07) is 6.04. The van der Waals surface area contributed by atoms with Gasteiger partial charge < -0.3 is 15.7 Å². The molecule has 1 amide bonds. The predicted molar refractivity (Wildman–Crippen MR) is 62.2 cm³/mol. The van der Waals surface area contributed by atoms with Gasteiger partial charge in [0.2, 0.25) is 5.91 Å². The monoisotopic (exact) mass is 220 g/mol. The quantitative estimate of drug-likeness (QED) is 0.698. The lowest BCUT2D eigenvalue weighted by molar-refractivity contribution is -0.115. The Kier molecular flexibility index (Phi) is 3.22. The molecule has 4 heteroatoms. The Hall–Kier alpha value is -1.39. The van der Waals surface area contributed by atoms with Crippen LogP contribution >= 0.6 is 0 Å². The van der Waals surface area contributed by atoms with Crippen LogP contribution in [0, 0.1) is 0 Å². The van der Waals surface area contributed by atoms with Crippen LogP contribution in [0.15, 0.2) is 18.2 Å². The van der Waals surface area contributed by atoms with Crippen molar-refractivity contribution in [1.29, 1.82) is 0 Å². The summed E-state index contributed by atoms with van der Waals surface area (Å²) in [4.78, 5) is 11.2. The summed E-state index contributed by atoms with van der Waals surface area (Å²) >= 11 is 0. The van der Waals surface area contributed by atoms with Crippen molar-refractivity contribution in [1.82, 2.24) is 5.32 Å². The van der Waals surface area contributed by atoms with Gasteiger partial charge in [-0.2, -0.15) is 0 Å². The number of amides is 1. The van der Waals surface area contributed by atoms with Gasteiger partial charge in [-0.25, -0.2) is 0 Å². The molecule has 0 bridgehead atoms. The van der Waals surface area contributed by atoms with E-state index in [1.165, 1.54) is 0 Å². The van der Waals surface area contributed by atoms with E-state index >= 15 is 0 Å². The second kappa shape index (κ2) is 4.63. The molecule has 16 heavy (non-hydrogen) atoms. The van der Waals surface area contributed by atoms with Gasteiger partial charge in [0.1, 0.15) is 0 Å². The van der Waals surface area contributed by atoms with Gasteiger partial charge in [-0.1, -0.05) is 12.1 Å². The summed E-state index contributed by atoms with van der Waals surface area (Å²) in [6.45, 7) is 2.77. The fourth-order valence-corrected chi connectivity index (χ4v) is 1.75. The van der Waals surface area contributed by atoms with Crippen LogP contribution in [-0.2, 0) is 17.8 Å². The number of carbonyl (C=O) groups excluding carboxylic acids is 1. The highest BCUT2D eigenvalue weighted by molar-refractivity contribution is 5.99. The van der Waals surface area contributed by atoms with E-state index < -0.39 is 0 Å². The molecule has 1 aliphatic heterocycles. The highest BCUT2D eigenvalue weighted by atomic mass is 16.3. The van der Waals surface area contributed by atoms with Crippen LogP contribution in [0.4, 0.5) is 5.69 Å². The van der Waals surface area contributed by atoms with Crippen molar-refractivity contribution in [2.45, 2.75) is 25.9 Å². The first-order valence-electron chi connectivity index (χ1n) is 5.45. The minimum absolute atomic E-state index is 0.0591. The number of hydrogen-bond donors (Lipinski definition) is 3. The van der Waals surface area contributed by atoms with Crippen molar-refractivity contribution in [2.75, 3.05) is 11.9 Å². The summed E-state index contributed by atoms with van der Waals surface area (Å²) in [5, 5.41) is 14.9. The van der Waals surface area contributed by atoms with E-state index in [9.17, 15) is 4.79 Å². The number of rotatable bonds is 4. The number of anilines is 1. The molecule has 0 saturated heterocycles. The Morgan fingerprint density at radius 2 is 2.38 bits per heavy atom. The smallest absolute Gasteiger partial charge is 0.228 e. The largest absolute Gasteiger partial charge is 0.395 e. The molecule has 0 aliphatic carbocycles. The van der Waals surface area contributed by atoms with Crippen molar-refractivity contribution in [3.05, 3.63) is 29.3 Å². The summed E-state index contributed by atoms with van der Waals surface area (Å²) in [5.41, 5.74) is 3.11. The van der Waals surface area contributed by atoms with Crippen LogP contribution in [0.2, 0.25) is 0 Å². The fourth-order valence-electron chi connectivity index (χ4n) is 1.75. The third kappa shape index (κ3) is 2.40. The Balaban J connectivity index is 2.02. The number of benzene rings is 1. The van der Waals surface area contributed by atoms with Gasteiger partial charge >= 0.3 is 0 Å². The molecule has 0 fully saturated rings. The molecule has 1 unspecified atom stereocenters. The van der Waals surface area contributed by atoms with E-state index in [0.29, 0.717) is 13.0 Å². The second-order valence-electron chi connectivity index (χ2n) is 4.18. The van der Waals surface area contributed by atoms with Crippen molar-refractivity contribution >= 4 is 11.6 Å². The summed E-state index contributed by atoms with van der Waals surface area (Å²) in [5.74, 6) is 0.0591. The van der Waals surface area contributed by atoms with Gasteiger partial charge in [0.25, 0.3) is 0 Å². The minimum Gasteiger partial charge on any atom is -0.395 e. The minimum atomic E-state index is 0.0591. The molecule has 1 aromatic carbocycles. The molecule has 1 atom stereocenters. The van der Waals surface area contributed by atoms with Gasteiger partial charge in [-0.15, -0.1) is 0 Å². The third-order valence-corrected chi connectivity index (χ3v) is 2.72. The van der Waals surface area contributed by atoms with Crippen molar-refractivity contribution < 1.29 is 9.90 Å². The van der Waals surface area contributed by atoms with Crippen LogP contribution in [0.25, 0.3) is 0 Å². The SMILES string of the molecule is CC(CO)NCc1ccc2c(c1)CC(=O)N2. The van der Waals surface area contributed by atoms with Gasteiger partial charge in [0, 0.05) is 18.3 Å². The first-order valence-corrected chi connectivity index (χ1v) is 5.45. The molecule has 4 nitrogen and oxygen atoms in total. The number of aliphatic hydroxyl groups is 1. The lowest BCUT2D eigenvalue weighted by atomic mass is 10.1. The molecule has 1 aromatic rings. The number of hydrogen-bond acceptors (Lipinski definition) is 3. The van der Waals surface area contributed by atoms with E-state index in [0.717, 1.165) is 16.8 Å². The maximum absolute atomic E-state index is 11.2. The highest BCUT2D eigenvalue weighted by Gasteiger charge is 2.17. The maximum Gasteiger partial charge on any atom is 0.228 e. The van der Waals surface area contributed by atoms with Crippen LogP contribution in [-0.4, -0.2) is 23.7 Å². The summed E-state index contributed by atoms with van der Waals surface area (Å²) < 4.78 is 0. The molecule has 1 aliphatic rings. The van der Waals surface area contributed by atoms with E-state index in [-0.39, 0.29) is 18.6 Å². The van der Waals surface area contributed by atoms with E-state index in [2.05, 4.69) is 10.6 Å². The maximum atomic E-state index is 11.2. The molecule has 0 saturated carbocycles. The topological polar surface area (TPSA) is 61.4 Å². The summed E-state index contributed by atoms with van der Waals surface area (Å²) in [7, 11) is 0. The Bertz CT molecular complexity index is 404. The zero-order valence-electron chi connectivity index (χ0n) is 9.29. The molecule has 0 spiro atoms. The zero-order valence-corrected chi connectivity index (χ0v) is 9.29. The molecule has 86 valence electrons. The molecular weight excluding hydrogens is 204 g/mol. The highest BCUT2D eigenvalue weighted by Crippen LogP contribution is 2.23. The van der Waals surface area contributed by atoms with Gasteiger partial charge in [-0.3, -0.25) is 4.79 Å². The Morgan fingerprint density at radius 1 is 1.56 bits per heavy atom. The Labute approximate surface area is 94.7 Å². The van der Waals surface area contributed by atoms with Gasteiger partial charge in [-0.05, 0) is 24.1 Å². The van der Waals surface area contributed by atoms with E-state index in [1.54, 1.807) is 0 Å². The standard InChI is InChI=1S/C12H16N2O2/c1-8(7-15)13-6-9-2-3-11-10(4-9)5-12(16)14-11/h2-4,8,13,15H,5-7H2,1H3,(H,14,16). The first kappa shape index (κ1) is 11.1. The predicted octanol–water partition coefficient (Wildman–Crippen LogP) is 0.652. The summed E-state index contributed by atoms with van der Waals surface area (Å²) in [6.07, 6.45) is 0.471. The molecule has 1 heterocycles. The number of aliphatic hydroxyl groups excluding tert-OH is 1. The fraction of sp³-hybridized carbons (Fsp3) is 0.417. The first-order chi connectivity index (χ1) is 7.69. The third-order valence-electron chi connectivity index (χ3n) is 2.72. The van der Waals surface area contributed by atoms with Crippen molar-refractivity contribution in [3.8, 4) is 0 Å². The second-order valence-corrected chi connectivity index (χ2v) is 4.18. The average Bonchev–Trinajstić information content (AvgIpc) is 2.65. The molecule has 0 radical (unpaired) electrons. The van der Waals surface area contributed by atoms with Crippen LogP contribution in [0.1, 0.15) is 18.1 Å². The van der Waals surface area contributed by atoms with Gasteiger partial charge in [0.05, 0.1) is 13.0 Å². The number of fused-ring (bicyclic) bond motifs is 1. The molecule has 2 rings (SSSR count). The lowest BCUT2D eigenvalue weighted by Gasteiger charge is -2.11. The lowest BCUT2D eigenvalue weighted by Crippen LogP contribution is -2.28. The number of nitrogens with one attached hydrogen (secondary N) is 2. The Morgan fingerprint density at radius 3 is 3.12 bits per heavy atom. The normalized spacial score (nSPS) is 15.8. The molecule has 3 N–H and O–H groups in total. The molecular formula is C12H16N2O2. The van der Waals surface area contributed by atoms with E-state index in [1.807, 2.05) is 25.1 Å². The number of carbonyl (C=O) groups is 1. The van der Waals surface area contributed by atoms with Crippen LogP contribution in [0.3, 0.4) is 0 Å². The van der Waals surface area contributed by atoms with Gasteiger partial charge in [0.15, 0.2) is 0 Å². The average molecular weight is 220 g/mol. The van der Waals surface area contributed by atoms with Crippen molar-refractivity contribution in [2.24, 2.45) is 0 Å². The van der Waals surface area contributed by atoms with Crippen molar-refractivity contribution in [3.63, 3.8) is 0 Å². The zero-order chi connectivity index (χ0) is 11.5. The van der Waals surface area contributed by atoms with Crippen LogP contribution in [0.5, 0.6) is 0 Å². The van der Waals surface area contributed by atoms with E-state index in [4.69, 9.17) is 5.11 Å². The molecule has 0 aromatic heterocycles.